The van der Waals surface area contributed by atoms with Crippen LogP contribution in [0.2, 0.25) is 0 Å². The summed E-state index contributed by atoms with van der Waals surface area (Å²) in [6, 6.07) is 15.0. The highest BCUT2D eigenvalue weighted by atomic mass is 16.4. The number of hydrogen-bond acceptors (Lipinski definition) is 3. The highest BCUT2D eigenvalue weighted by Gasteiger charge is 2.16. The van der Waals surface area contributed by atoms with Gasteiger partial charge < -0.3 is 9.52 Å². The summed E-state index contributed by atoms with van der Waals surface area (Å²) < 4.78 is 6.91. The van der Waals surface area contributed by atoms with Crippen LogP contribution in [-0.4, -0.2) is 9.67 Å². The number of aromatic nitrogens is 1. The molecule has 102 valence electrons. The lowest BCUT2D eigenvalue weighted by atomic mass is 10.1. The van der Waals surface area contributed by atoms with Gasteiger partial charge >= 0.3 is 5.76 Å². The maximum Gasteiger partial charge on any atom is 0.420 e. The molecule has 2 aromatic carbocycles. The van der Waals surface area contributed by atoms with Crippen molar-refractivity contribution >= 4 is 11.1 Å². The van der Waals surface area contributed by atoms with Crippen LogP contribution in [-0.2, 0) is 6.61 Å². The van der Waals surface area contributed by atoms with Gasteiger partial charge in [-0.05, 0) is 30.2 Å². The Morgan fingerprint density at radius 1 is 1.20 bits per heavy atom. The fourth-order valence-electron chi connectivity index (χ4n) is 2.43. The first kappa shape index (κ1) is 12.7. The molecule has 0 aliphatic carbocycles. The lowest BCUT2D eigenvalue weighted by Gasteiger charge is -2.13. The van der Waals surface area contributed by atoms with E-state index in [0.717, 1.165) is 16.6 Å². The van der Waals surface area contributed by atoms with Crippen LogP contribution in [0.25, 0.3) is 11.1 Å². The number of aliphatic hydroxyl groups excluding tert-OH is 1. The number of rotatable bonds is 3. The van der Waals surface area contributed by atoms with E-state index in [2.05, 4.69) is 0 Å². The third-order valence-electron chi connectivity index (χ3n) is 3.53. The Hall–Kier alpha value is -2.33. The van der Waals surface area contributed by atoms with Gasteiger partial charge in [0.25, 0.3) is 0 Å². The molecule has 1 atom stereocenters. The third-order valence-corrected chi connectivity index (χ3v) is 3.53. The van der Waals surface area contributed by atoms with Gasteiger partial charge in [-0.2, -0.15) is 0 Å². The summed E-state index contributed by atoms with van der Waals surface area (Å²) in [5, 5.41) is 9.13. The molecule has 0 saturated carbocycles. The minimum atomic E-state index is -0.383. The number of aliphatic hydroxyl groups is 1. The van der Waals surface area contributed by atoms with Crippen molar-refractivity contribution < 1.29 is 9.52 Å². The third kappa shape index (κ3) is 2.04. The Bertz CT molecular complexity index is 786. The van der Waals surface area contributed by atoms with E-state index in [1.807, 2.05) is 43.3 Å². The zero-order chi connectivity index (χ0) is 14.1. The Morgan fingerprint density at radius 2 is 1.95 bits per heavy atom. The Balaban J connectivity index is 2.16. The van der Waals surface area contributed by atoms with E-state index in [1.54, 1.807) is 16.7 Å². The minimum absolute atomic E-state index is 0.0704. The molecule has 1 aromatic heterocycles. The first-order chi connectivity index (χ1) is 9.70. The van der Waals surface area contributed by atoms with Crippen molar-refractivity contribution in [3.05, 3.63) is 70.2 Å². The van der Waals surface area contributed by atoms with Crippen LogP contribution < -0.4 is 5.76 Å². The maximum absolute atomic E-state index is 12.1. The van der Waals surface area contributed by atoms with E-state index in [-0.39, 0.29) is 18.4 Å². The summed E-state index contributed by atoms with van der Waals surface area (Å²) in [5.74, 6) is -0.383. The van der Waals surface area contributed by atoms with E-state index in [1.165, 1.54) is 0 Å². The fourth-order valence-corrected chi connectivity index (χ4v) is 2.43. The molecule has 0 bridgehead atoms. The highest BCUT2D eigenvalue weighted by molar-refractivity contribution is 5.74. The summed E-state index contributed by atoms with van der Waals surface area (Å²) in [5.41, 5.74) is 3.02. The van der Waals surface area contributed by atoms with Gasteiger partial charge in [0.1, 0.15) is 0 Å². The Morgan fingerprint density at radius 3 is 2.65 bits per heavy atom. The molecule has 0 aliphatic heterocycles. The zero-order valence-corrected chi connectivity index (χ0v) is 11.1. The number of fused-ring (bicyclic) bond motifs is 1. The number of hydrogen-bond donors (Lipinski definition) is 1. The van der Waals surface area contributed by atoms with Crippen LogP contribution in [0.1, 0.15) is 24.1 Å². The van der Waals surface area contributed by atoms with Crippen LogP contribution in [0.3, 0.4) is 0 Å². The normalized spacial score (nSPS) is 12.7. The van der Waals surface area contributed by atoms with Crippen molar-refractivity contribution in [3.8, 4) is 0 Å². The SMILES string of the molecule is CC(c1ccccc1)n1c(=O)oc2cc(CO)ccc21. The van der Waals surface area contributed by atoms with Crippen molar-refractivity contribution in [2.45, 2.75) is 19.6 Å². The highest BCUT2D eigenvalue weighted by Crippen LogP contribution is 2.23. The second kappa shape index (κ2) is 4.98. The lowest BCUT2D eigenvalue weighted by molar-refractivity contribution is 0.282. The van der Waals surface area contributed by atoms with Gasteiger partial charge in [0, 0.05) is 0 Å². The average molecular weight is 269 g/mol. The lowest BCUT2D eigenvalue weighted by Crippen LogP contribution is -2.19. The van der Waals surface area contributed by atoms with Gasteiger partial charge in [-0.15, -0.1) is 0 Å². The van der Waals surface area contributed by atoms with Crippen LogP contribution in [0.15, 0.2) is 57.7 Å². The van der Waals surface area contributed by atoms with Gasteiger partial charge in [-0.1, -0.05) is 36.4 Å². The standard InChI is InChI=1S/C16H15NO3/c1-11(13-5-3-2-4-6-13)17-14-8-7-12(10-18)9-15(14)20-16(17)19/h2-9,11,18H,10H2,1H3. The van der Waals surface area contributed by atoms with E-state index >= 15 is 0 Å². The van der Waals surface area contributed by atoms with Crippen molar-refractivity contribution in [2.24, 2.45) is 0 Å². The van der Waals surface area contributed by atoms with Gasteiger partial charge in [0.15, 0.2) is 5.58 Å². The molecular formula is C16H15NO3. The van der Waals surface area contributed by atoms with E-state index < -0.39 is 0 Å². The molecule has 0 radical (unpaired) electrons. The zero-order valence-electron chi connectivity index (χ0n) is 11.1. The quantitative estimate of drug-likeness (QED) is 0.795. The van der Waals surface area contributed by atoms with Crippen LogP contribution >= 0.6 is 0 Å². The predicted molar refractivity (Wildman–Crippen MR) is 76.7 cm³/mol. The van der Waals surface area contributed by atoms with Gasteiger partial charge in [-0.25, -0.2) is 4.79 Å². The van der Waals surface area contributed by atoms with Crippen molar-refractivity contribution in [1.82, 2.24) is 4.57 Å². The molecule has 20 heavy (non-hydrogen) atoms. The summed E-state index contributed by atoms with van der Waals surface area (Å²) in [6.07, 6.45) is 0. The van der Waals surface area contributed by atoms with Gasteiger partial charge in [-0.3, -0.25) is 4.57 Å². The topological polar surface area (TPSA) is 55.4 Å². The molecule has 4 heteroatoms. The minimum Gasteiger partial charge on any atom is -0.408 e. The van der Waals surface area contributed by atoms with Gasteiger partial charge in [0.05, 0.1) is 18.2 Å². The molecule has 0 fully saturated rings. The van der Waals surface area contributed by atoms with Crippen LogP contribution in [0, 0.1) is 0 Å². The second-order valence-electron chi connectivity index (χ2n) is 4.78. The molecule has 4 nitrogen and oxygen atoms in total. The van der Waals surface area contributed by atoms with Gasteiger partial charge in [0.2, 0.25) is 0 Å². The van der Waals surface area contributed by atoms with Crippen LogP contribution in [0.4, 0.5) is 0 Å². The molecule has 0 amide bonds. The average Bonchev–Trinajstić information content (AvgIpc) is 2.82. The summed E-state index contributed by atoms with van der Waals surface area (Å²) in [7, 11) is 0. The Kier molecular flexibility index (Phi) is 3.16. The fraction of sp³-hybridized carbons (Fsp3) is 0.188. The molecule has 3 rings (SSSR count). The largest absolute Gasteiger partial charge is 0.420 e. The second-order valence-corrected chi connectivity index (χ2v) is 4.78. The molecule has 3 aromatic rings. The summed E-state index contributed by atoms with van der Waals surface area (Å²) >= 11 is 0. The van der Waals surface area contributed by atoms with Crippen LogP contribution in [0.5, 0.6) is 0 Å². The maximum atomic E-state index is 12.1. The first-order valence-electron chi connectivity index (χ1n) is 6.50. The molecule has 1 N–H and O–H groups in total. The van der Waals surface area contributed by atoms with Crippen molar-refractivity contribution in [3.63, 3.8) is 0 Å². The predicted octanol–water partition coefficient (Wildman–Crippen LogP) is 2.70. The first-order valence-corrected chi connectivity index (χ1v) is 6.50. The Labute approximate surface area is 115 Å². The van der Waals surface area contributed by atoms with E-state index in [9.17, 15) is 4.79 Å². The summed E-state index contributed by atoms with van der Waals surface area (Å²) in [6.45, 7) is 1.89. The molecule has 0 aliphatic rings. The number of nitrogens with zero attached hydrogens (tertiary/aromatic N) is 1. The monoisotopic (exact) mass is 269 g/mol. The molecule has 1 unspecified atom stereocenters. The van der Waals surface area contributed by atoms with Crippen molar-refractivity contribution in [2.75, 3.05) is 0 Å². The smallest absolute Gasteiger partial charge is 0.408 e. The molecule has 0 spiro atoms. The summed E-state index contributed by atoms with van der Waals surface area (Å²) in [4.78, 5) is 12.1. The molecule has 0 saturated heterocycles. The van der Waals surface area contributed by atoms with E-state index in [4.69, 9.17) is 9.52 Å². The van der Waals surface area contributed by atoms with E-state index in [0.29, 0.717) is 5.58 Å². The number of benzene rings is 2. The molecule has 1 heterocycles. The number of oxazole rings is 1. The van der Waals surface area contributed by atoms with Crippen molar-refractivity contribution in [1.29, 1.82) is 0 Å². The molecular weight excluding hydrogens is 254 g/mol.